The lowest BCUT2D eigenvalue weighted by Crippen LogP contribution is -2.44. The molecular formula is C14H15NO3. The van der Waals surface area contributed by atoms with E-state index in [0.717, 1.165) is 18.4 Å². The summed E-state index contributed by atoms with van der Waals surface area (Å²) in [4.78, 5) is 16.6. The number of aromatic carboxylic acids is 1. The molecule has 0 radical (unpaired) electrons. The van der Waals surface area contributed by atoms with Gasteiger partial charge in [0.1, 0.15) is 0 Å². The van der Waals surface area contributed by atoms with Crippen molar-refractivity contribution in [3.63, 3.8) is 0 Å². The van der Waals surface area contributed by atoms with Crippen molar-refractivity contribution in [1.82, 2.24) is 5.06 Å². The van der Waals surface area contributed by atoms with Gasteiger partial charge < -0.3 is 5.11 Å². The molecule has 2 heterocycles. The summed E-state index contributed by atoms with van der Waals surface area (Å²) in [5.74, 6) is -0.891. The molecule has 0 aromatic heterocycles. The molecule has 4 rings (SSSR count). The van der Waals surface area contributed by atoms with Crippen molar-refractivity contribution < 1.29 is 14.7 Å². The topological polar surface area (TPSA) is 49.8 Å². The first-order valence-corrected chi connectivity index (χ1v) is 6.16. The summed E-state index contributed by atoms with van der Waals surface area (Å²) >= 11 is 0. The molecule has 2 bridgehead atoms. The fourth-order valence-electron chi connectivity index (χ4n) is 2.45. The van der Waals surface area contributed by atoms with E-state index >= 15 is 0 Å². The predicted molar refractivity (Wildman–Crippen MR) is 66.0 cm³/mol. The molecule has 4 nitrogen and oxygen atoms in total. The van der Waals surface area contributed by atoms with Crippen molar-refractivity contribution in [3.8, 4) is 0 Å². The highest BCUT2D eigenvalue weighted by molar-refractivity contribution is 5.87. The quantitative estimate of drug-likeness (QED) is 0.829. The predicted octanol–water partition coefficient (Wildman–Crippen LogP) is 2.22. The summed E-state index contributed by atoms with van der Waals surface area (Å²) in [6.07, 6.45) is 6.76. The number of carboxylic acid groups (broad SMARTS) is 1. The highest BCUT2D eigenvalue weighted by atomic mass is 16.7. The Labute approximate surface area is 105 Å². The fourth-order valence-corrected chi connectivity index (χ4v) is 2.45. The SMILES string of the molecule is O=C(O)c1ccc(CN2OC3C=CC2CC3)cc1. The number of hydrogen-bond donors (Lipinski definition) is 1. The number of carboxylic acids is 1. The smallest absolute Gasteiger partial charge is 0.335 e. The summed E-state index contributed by atoms with van der Waals surface area (Å²) < 4.78 is 0. The molecule has 0 amide bonds. The lowest BCUT2D eigenvalue weighted by atomic mass is 9.98. The second-order valence-electron chi connectivity index (χ2n) is 4.75. The average molecular weight is 245 g/mol. The molecule has 0 spiro atoms. The lowest BCUT2D eigenvalue weighted by Gasteiger charge is -2.40. The van der Waals surface area contributed by atoms with Gasteiger partial charge in [0.05, 0.1) is 17.7 Å². The highest BCUT2D eigenvalue weighted by Crippen LogP contribution is 2.28. The van der Waals surface area contributed by atoms with Gasteiger partial charge >= 0.3 is 5.97 Å². The maximum Gasteiger partial charge on any atom is 0.335 e. The van der Waals surface area contributed by atoms with Crippen LogP contribution < -0.4 is 0 Å². The minimum Gasteiger partial charge on any atom is -0.478 e. The minimum atomic E-state index is -0.891. The zero-order valence-corrected chi connectivity index (χ0v) is 9.95. The molecule has 2 aliphatic heterocycles. The molecule has 0 saturated carbocycles. The molecule has 2 atom stereocenters. The van der Waals surface area contributed by atoms with Crippen LogP contribution in [0.4, 0.5) is 0 Å². The molecule has 4 heteroatoms. The van der Waals surface area contributed by atoms with E-state index in [9.17, 15) is 4.79 Å². The Balaban J connectivity index is 1.70. The Bertz CT molecular complexity index is 480. The van der Waals surface area contributed by atoms with E-state index in [2.05, 4.69) is 12.2 Å². The van der Waals surface area contributed by atoms with Crippen molar-refractivity contribution in [2.45, 2.75) is 31.5 Å². The summed E-state index contributed by atoms with van der Waals surface area (Å²) in [5.41, 5.74) is 1.39. The van der Waals surface area contributed by atoms with Crippen molar-refractivity contribution in [1.29, 1.82) is 0 Å². The van der Waals surface area contributed by atoms with Crippen molar-refractivity contribution >= 4 is 5.97 Å². The maximum absolute atomic E-state index is 10.8. The number of hydrogen-bond acceptors (Lipinski definition) is 3. The molecule has 1 aromatic carbocycles. The second-order valence-corrected chi connectivity index (χ2v) is 4.75. The zero-order valence-electron chi connectivity index (χ0n) is 9.95. The van der Waals surface area contributed by atoms with Crippen LogP contribution in [-0.4, -0.2) is 28.3 Å². The number of fused-ring (bicyclic) bond motifs is 2. The zero-order chi connectivity index (χ0) is 12.5. The van der Waals surface area contributed by atoms with Crippen LogP contribution in [0.15, 0.2) is 36.4 Å². The summed E-state index contributed by atoms with van der Waals surface area (Å²) in [7, 11) is 0. The molecule has 3 aliphatic rings. The van der Waals surface area contributed by atoms with Crippen LogP contribution in [0.3, 0.4) is 0 Å². The molecule has 94 valence electrons. The fraction of sp³-hybridized carbons (Fsp3) is 0.357. The van der Waals surface area contributed by atoms with Crippen LogP contribution in [0.25, 0.3) is 0 Å². The highest BCUT2D eigenvalue weighted by Gasteiger charge is 2.30. The van der Waals surface area contributed by atoms with Gasteiger partial charge in [-0.15, -0.1) is 0 Å². The largest absolute Gasteiger partial charge is 0.478 e. The van der Waals surface area contributed by atoms with Crippen LogP contribution in [0.5, 0.6) is 0 Å². The van der Waals surface area contributed by atoms with E-state index in [-0.39, 0.29) is 6.10 Å². The molecule has 1 fully saturated rings. The molecule has 1 aromatic rings. The number of nitrogens with zero attached hydrogens (tertiary/aromatic N) is 1. The Morgan fingerprint density at radius 1 is 1.28 bits per heavy atom. The van der Waals surface area contributed by atoms with E-state index in [1.165, 1.54) is 0 Å². The van der Waals surface area contributed by atoms with Crippen molar-refractivity contribution in [3.05, 3.63) is 47.5 Å². The van der Waals surface area contributed by atoms with E-state index in [4.69, 9.17) is 9.94 Å². The summed E-state index contributed by atoms with van der Waals surface area (Å²) in [6.45, 7) is 0.700. The standard InChI is InChI=1S/C14H15NO3/c16-14(17)11-3-1-10(2-4-11)9-15-12-5-7-13(18-15)8-6-12/h1-5,7,12-13H,6,8-9H2,(H,16,17). The second kappa shape index (κ2) is 4.55. The molecule has 1 N–H and O–H groups in total. The van der Waals surface area contributed by atoms with Crippen molar-refractivity contribution in [2.24, 2.45) is 0 Å². The van der Waals surface area contributed by atoms with Crippen LogP contribution in [0.2, 0.25) is 0 Å². The van der Waals surface area contributed by atoms with Crippen LogP contribution in [0.1, 0.15) is 28.8 Å². The van der Waals surface area contributed by atoms with E-state index < -0.39 is 5.97 Å². The molecule has 1 saturated heterocycles. The summed E-state index contributed by atoms with van der Waals surface area (Å²) in [5, 5.41) is 10.8. The van der Waals surface area contributed by atoms with Gasteiger partial charge in [0.15, 0.2) is 0 Å². The molecule has 18 heavy (non-hydrogen) atoms. The van der Waals surface area contributed by atoms with Crippen LogP contribution >= 0.6 is 0 Å². The third-order valence-electron chi connectivity index (χ3n) is 3.47. The number of hydroxylamine groups is 2. The first-order chi connectivity index (χ1) is 8.72. The molecule has 2 unspecified atom stereocenters. The Morgan fingerprint density at radius 3 is 2.56 bits per heavy atom. The Hall–Kier alpha value is -1.65. The van der Waals surface area contributed by atoms with Crippen LogP contribution in [-0.2, 0) is 11.4 Å². The van der Waals surface area contributed by atoms with Crippen molar-refractivity contribution in [2.75, 3.05) is 0 Å². The van der Waals surface area contributed by atoms with E-state index in [1.807, 2.05) is 17.2 Å². The van der Waals surface area contributed by atoms with Gasteiger partial charge in [-0.05, 0) is 30.5 Å². The monoisotopic (exact) mass is 245 g/mol. The van der Waals surface area contributed by atoms with E-state index in [0.29, 0.717) is 18.2 Å². The first kappa shape index (κ1) is 11.4. The maximum atomic E-state index is 10.8. The minimum absolute atomic E-state index is 0.216. The normalized spacial score (nSPS) is 26.4. The number of carbonyl (C=O) groups is 1. The molecule has 1 aliphatic carbocycles. The number of rotatable bonds is 3. The first-order valence-electron chi connectivity index (χ1n) is 6.16. The van der Waals surface area contributed by atoms with Gasteiger partial charge in [0.25, 0.3) is 0 Å². The lowest BCUT2D eigenvalue weighted by molar-refractivity contribution is -0.240. The molecular weight excluding hydrogens is 230 g/mol. The van der Waals surface area contributed by atoms with E-state index in [1.54, 1.807) is 12.1 Å². The van der Waals surface area contributed by atoms with Gasteiger partial charge in [-0.1, -0.05) is 24.3 Å². The van der Waals surface area contributed by atoms with Gasteiger partial charge in [0.2, 0.25) is 0 Å². The number of benzene rings is 1. The Kier molecular flexibility index (Phi) is 2.89. The van der Waals surface area contributed by atoms with Gasteiger partial charge in [-0.2, -0.15) is 5.06 Å². The average Bonchev–Trinajstić information content (AvgIpc) is 2.41. The van der Waals surface area contributed by atoms with Crippen LogP contribution in [0, 0.1) is 0 Å². The third kappa shape index (κ3) is 2.17. The summed E-state index contributed by atoms with van der Waals surface area (Å²) in [6, 6.07) is 7.32. The van der Waals surface area contributed by atoms with Gasteiger partial charge in [-0.25, -0.2) is 4.79 Å². The third-order valence-corrected chi connectivity index (χ3v) is 3.47. The van der Waals surface area contributed by atoms with Gasteiger partial charge in [-0.3, -0.25) is 4.84 Å². The Morgan fingerprint density at radius 2 is 2.06 bits per heavy atom. The van der Waals surface area contributed by atoms with Gasteiger partial charge in [0, 0.05) is 6.54 Å².